The standard InChI is InChI=1S/C19H23NO3/c1-14-6-8-16(9-7-14)18(23-11-10-21)13-20-19(22)17-5-3-4-15(2)12-17/h3-9,12,18,21H,10-11,13H2,1-2H3,(H,20,22). The number of nitrogens with one attached hydrogen (secondary N) is 1. The monoisotopic (exact) mass is 313 g/mol. The summed E-state index contributed by atoms with van der Waals surface area (Å²) >= 11 is 0. The van der Waals surface area contributed by atoms with E-state index in [0.29, 0.717) is 12.1 Å². The predicted molar refractivity (Wildman–Crippen MR) is 90.5 cm³/mol. The first-order valence-electron chi connectivity index (χ1n) is 7.74. The van der Waals surface area contributed by atoms with Crippen LogP contribution in [0.25, 0.3) is 0 Å². The first-order chi connectivity index (χ1) is 11.1. The normalized spacial score (nSPS) is 12.0. The van der Waals surface area contributed by atoms with Gasteiger partial charge in [0.2, 0.25) is 0 Å². The van der Waals surface area contributed by atoms with E-state index in [2.05, 4.69) is 5.32 Å². The van der Waals surface area contributed by atoms with Gasteiger partial charge in [-0.25, -0.2) is 0 Å². The fraction of sp³-hybridized carbons (Fsp3) is 0.316. The summed E-state index contributed by atoms with van der Waals surface area (Å²) in [6.45, 7) is 4.52. The van der Waals surface area contributed by atoms with E-state index in [1.807, 2.05) is 56.3 Å². The number of ether oxygens (including phenoxy) is 1. The molecule has 122 valence electrons. The van der Waals surface area contributed by atoms with Gasteiger partial charge in [-0.2, -0.15) is 0 Å². The van der Waals surface area contributed by atoms with Crippen molar-refractivity contribution in [2.24, 2.45) is 0 Å². The maximum atomic E-state index is 12.2. The maximum Gasteiger partial charge on any atom is 0.251 e. The minimum Gasteiger partial charge on any atom is -0.394 e. The van der Waals surface area contributed by atoms with E-state index in [1.54, 1.807) is 6.07 Å². The van der Waals surface area contributed by atoms with Crippen molar-refractivity contribution in [3.8, 4) is 0 Å². The van der Waals surface area contributed by atoms with Gasteiger partial charge >= 0.3 is 0 Å². The average Bonchev–Trinajstić information content (AvgIpc) is 2.56. The zero-order valence-corrected chi connectivity index (χ0v) is 13.6. The van der Waals surface area contributed by atoms with E-state index in [0.717, 1.165) is 11.1 Å². The molecule has 1 atom stereocenters. The Bertz CT molecular complexity index is 637. The zero-order valence-electron chi connectivity index (χ0n) is 13.6. The summed E-state index contributed by atoms with van der Waals surface area (Å²) in [6, 6.07) is 15.4. The molecular weight excluding hydrogens is 290 g/mol. The number of hydrogen-bond donors (Lipinski definition) is 2. The van der Waals surface area contributed by atoms with Crippen molar-refractivity contribution in [2.45, 2.75) is 20.0 Å². The van der Waals surface area contributed by atoms with Crippen LogP contribution in [0.1, 0.15) is 33.2 Å². The molecule has 2 rings (SSSR count). The third-order valence-electron chi connectivity index (χ3n) is 3.59. The highest BCUT2D eigenvalue weighted by Crippen LogP contribution is 2.17. The molecule has 1 amide bonds. The van der Waals surface area contributed by atoms with Gasteiger partial charge in [0, 0.05) is 12.1 Å². The Morgan fingerprint density at radius 2 is 1.87 bits per heavy atom. The topological polar surface area (TPSA) is 58.6 Å². The average molecular weight is 313 g/mol. The summed E-state index contributed by atoms with van der Waals surface area (Å²) in [5.41, 5.74) is 3.83. The smallest absolute Gasteiger partial charge is 0.251 e. The molecule has 0 aliphatic carbocycles. The van der Waals surface area contributed by atoms with E-state index in [4.69, 9.17) is 9.84 Å². The van der Waals surface area contributed by atoms with Crippen LogP contribution in [0.2, 0.25) is 0 Å². The number of benzene rings is 2. The van der Waals surface area contributed by atoms with Crippen LogP contribution in [0.15, 0.2) is 48.5 Å². The molecule has 2 N–H and O–H groups in total. The number of carbonyl (C=O) groups is 1. The fourth-order valence-electron chi connectivity index (χ4n) is 2.32. The first-order valence-corrected chi connectivity index (χ1v) is 7.74. The second-order valence-electron chi connectivity index (χ2n) is 5.57. The van der Waals surface area contributed by atoms with Crippen molar-refractivity contribution in [2.75, 3.05) is 19.8 Å². The lowest BCUT2D eigenvalue weighted by atomic mass is 10.1. The second kappa shape index (κ2) is 8.46. The lowest BCUT2D eigenvalue weighted by Crippen LogP contribution is -2.30. The van der Waals surface area contributed by atoms with Crippen LogP contribution in [0.5, 0.6) is 0 Å². The summed E-state index contributed by atoms with van der Waals surface area (Å²) in [7, 11) is 0. The molecule has 0 aliphatic rings. The van der Waals surface area contributed by atoms with Gasteiger partial charge < -0.3 is 15.2 Å². The van der Waals surface area contributed by atoms with Crippen molar-refractivity contribution in [3.63, 3.8) is 0 Å². The molecule has 0 saturated carbocycles. The molecule has 0 bridgehead atoms. The highest BCUT2D eigenvalue weighted by Gasteiger charge is 2.14. The van der Waals surface area contributed by atoms with E-state index >= 15 is 0 Å². The van der Waals surface area contributed by atoms with Crippen LogP contribution >= 0.6 is 0 Å². The quantitative estimate of drug-likeness (QED) is 0.826. The van der Waals surface area contributed by atoms with E-state index in [-0.39, 0.29) is 25.2 Å². The van der Waals surface area contributed by atoms with Crippen LogP contribution in [0.3, 0.4) is 0 Å². The molecule has 1 unspecified atom stereocenters. The van der Waals surface area contributed by atoms with Crippen LogP contribution in [-0.4, -0.2) is 30.8 Å². The Morgan fingerprint density at radius 1 is 1.13 bits per heavy atom. The Labute approximate surface area is 137 Å². The van der Waals surface area contributed by atoms with Crippen molar-refractivity contribution in [1.82, 2.24) is 5.32 Å². The van der Waals surface area contributed by atoms with Gasteiger partial charge in [0.15, 0.2) is 0 Å². The van der Waals surface area contributed by atoms with Crippen LogP contribution < -0.4 is 5.32 Å². The number of aryl methyl sites for hydroxylation is 2. The number of carbonyl (C=O) groups excluding carboxylic acids is 1. The highest BCUT2D eigenvalue weighted by atomic mass is 16.5. The van der Waals surface area contributed by atoms with Crippen molar-refractivity contribution < 1.29 is 14.6 Å². The maximum absolute atomic E-state index is 12.2. The van der Waals surface area contributed by atoms with Crippen LogP contribution in [0, 0.1) is 13.8 Å². The molecule has 0 spiro atoms. The Balaban J connectivity index is 2.03. The lowest BCUT2D eigenvalue weighted by molar-refractivity contribution is 0.0277. The minimum atomic E-state index is -0.281. The van der Waals surface area contributed by atoms with Gasteiger partial charge in [-0.05, 0) is 31.5 Å². The third-order valence-corrected chi connectivity index (χ3v) is 3.59. The Hall–Kier alpha value is -2.17. The molecule has 0 saturated heterocycles. The van der Waals surface area contributed by atoms with Gasteiger partial charge in [-0.15, -0.1) is 0 Å². The Morgan fingerprint density at radius 3 is 2.52 bits per heavy atom. The summed E-state index contributed by atoms with van der Waals surface area (Å²) in [4.78, 5) is 12.2. The first kappa shape index (κ1) is 17.2. The summed E-state index contributed by atoms with van der Waals surface area (Å²) in [5.74, 6) is -0.126. The second-order valence-corrected chi connectivity index (χ2v) is 5.57. The van der Waals surface area contributed by atoms with Crippen molar-refractivity contribution in [3.05, 3.63) is 70.8 Å². The molecule has 23 heavy (non-hydrogen) atoms. The predicted octanol–water partition coefficient (Wildman–Crippen LogP) is 2.78. The SMILES string of the molecule is Cc1ccc(C(CNC(=O)c2cccc(C)c2)OCCO)cc1. The largest absolute Gasteiger partial charge is 0.394 e. The highest BCUT2D eigenvalue weighted by molar-refractivity contribution is 5.94. The van der Waals surface area contributed by atoms with Crippen LogP contribution in [0.4, 0.5) is 0 Å². The third kappa shape index (κ3) is 5.20. The zero-order chi connectivity index (χ0) is 16.7. The van der Waals surface area contributed by atoms with Gasteiger partial charge in [0.25, 0.3) is 5.91 Å². The van der Waals surface area contributed by atoms with Gasteiger partial charge in [-0.1, -0.05) is 47.5 Å². The number of hydrogen-bond acceptors (Lipinski definition) is 3. The fourth-order valence-corrected chi connectivity index (χ4v) is 2.32. The molecule has 0 radical (unpaired) electrons. The van der Waals surface area contributed by atoms with E-state index in [1.165, 1.54) is 5.56 Å². The van der Waals surface area contributed by atoms with Crippen molar-refractivity contribution in [1.29, 1.82) is 0 Å². The van der Waals surface area contributed by atoms with Gasteiger partial charge in [-0.3, -0.25) is 4.79 Å². The number of amides is 1. The number of aliphatic hydroxyl groups excluding tert-OH is 1. The van der Waals surface area contributed by atoms with Gasteiger partial charge in [0.1, 0.15) is 0 Å². The molecule has 0 fully saturated rings. The Kier molecular flexibility index (Phi) is 6.32. The summed E-state index contributed by atoms with van der Waals surface area (Å²) in [6.07, 6.45) is -0.281. The number of rotatable bonds is 7. The van der Waals surface area contributed by atoms with Crippen molar-refractivity contribution >= 4 is 5.91 Å². The molecule has 2 aromatic rings. The molecule has 4 heteroatoms. The molecule has 4 nitrogen and oxygen atoms in total. The molecule has 2 aromatic carbocycles. The van der Waals surface area contributed by atoms with E-state index < -0.39 is 0 Å². The minimum absolute atomic E-state index is 0.0474. The number of aliphatic hydroxyl groups is 1. The lowest BCUT2D eigenvalue weighted by Gasteiger charge is -2.19. The summed E-state index contributed by atoms with van der Waals surface area (Å²) in [5, 5.41) is 11.9. The molecule has 0 aliphatic heterocycles. The van der Waals surface area contributed by atoms with Crippen LogP contribution in [-0.2, 0) is 4.74 Å². The molecular formula is C19H23NO3. The summed E-state index contributed by atoms with van der Waals surface area (Å²) < 4.78 is 5.66. The molecule has 0 heterocycles. The van der Waals surface area contributed by atoms with Gasteiger partial charge in [0.05, 0.1) is 19.3 Å². The van der Waals surface area contributed by atoms with E-state index in [9.17, 15) is 4.79 Å². The molecule has 0 aromatic heterocycles.